The summed E-state index contributed by atoms with van der Waals surface area (Å²) in [5.74, 6) is -2.56. The summed E-state index contributed by atoms with van der Waals surface area (Å²) in [5, 5.41) is 21.2. The predicted molar refractivity (Wildman–Crippen MR) is 42.3 cm³/mol. The minimum atomic E-state index is -1.28. The summed E-state index contributed by atoms with van der Waals surface area (Å²) in [4.78, 5) is 20.1. The Kier molecular flexibility index (Phi) is 9.44. The molecule has 0 aromatic carbocycles. The Morgan fingerprint density at radius 2 is 1.73 bits per heavy atom. The van der Waals surface area contributed by atoms with Crippen LogP contribution < -0.4 is 34.7 Å². The van der Waals surface area contributed by atoms with Gasteiger partial charge in [0.05, 0.1) is 11.5 Å². The number of hydrogen-bond donors (Lipinski definition) is 0. The number of nitrogens with zero attached hydrogens (tertiary/aromatic N) is 1. The number of nitro groups is 1. The van der Waals surface area contributed by atoms with E-state index in [4.69, 9.17) is 0 Å². The molecule has 0 atom stereocenters. The molecule has 0 fully saturated rings. The third kappa shape index (κ3) is 5.60. The van der Waals surface area contributed by atoms with Crippen LogP contribution in [0.15, 0.2) is 11.6 Å². The molecular formula is C7H10NNaO6. The van der Waals surface area contributed by atoms with E-state index in [9.17, 15) is 20.0 Å². The van der Waals surface area contributed by atoms with Gasteiger partial charge in [-0.3, -0.25) is 10.1 Å². The van der Waals surface area contributed by atoms with Crippen molar-refractivity contribution in [3.8, 4) is 0 Å². The molecule has 0 N–H and O–H groups in total. The molecule has 0 rings (SSSR count). The van der Waals surface area contributed by atoms with E-state index in [0.29, 0.717) is 0 Å². The number of esters is 1. The van der Waals surface area contributed by atoms with E-state index >= 15 is 0 Å². The van der Waals surface area contributed by atoms with Gasteiger partial charge in [0.1, 0.15) is 5.95 Å². The summed E-state index contributed by atoms with van der Waals surface area (Å²) in [5.41, 5.74) is -1.20. The molecular weight excluding hydrogens is 217 g/mol. The van der Waals surface area contributed by atoms with E-state index in [0.717, 1.165) is 0 Å². The first-order valence-corrected chi connectivity index (χ1v) is 3.90. The molecule has 7 nitrogen and oxygen atoms in total. The summed E-state index contributed by atoms with van der Waals surface area (Å²) < 4.78 is 8.63. The standard InChI is InChI=1S/C7H11NO6.Na/c1-3-13-6(9)5(8(11)12)7(10)14-4-2;/h9H,3-4H2,1-2H3;/q;+1/p-1. The van der Waals surface area contributed by atoms with Crippen molar-refractivity contribution in [1.29, 1.82) is 0 Å². The molecule has 0 spiro atoms. The maximum atomic E-state index is 10.9. The molecule has 0 bridgehead atoms. The van der Waals surface area contributed by atoms with E-state index < -0.39 is 22.5 Å². The molecule has 0 saturated heterocycles. The van der Waals surface area contributed by atoms with Crippen molar-refractivity contribution in [3.05, 3.63) is 21.8 Å². The first kappa shape index (κ1) is 16.6. The van der Waals surface area contributed by atoms with E-state index in [1.165, 1.54) is 13.8 Å². The minimum absolute atomic E-state index is 0. The third-order valence-corrected chi connectivity index (χ3v) is 1.12. The zero-order valence-corrected chi connectivity index (χ0v) is 10.8. The molecule has 0 saturated carbocycles. The van der Waals surface area contributed by atoms with E-state index in [-0.39, 0.29) is 42.8 Å². The Balaban J connectivity index is 0. The van der Waals surface area contributed by atoms with Gasteiger partial charge in [-0.15, -0.1) is 0 Å². The smallest absolute Gasteiger partial charge is 0.609 e. The molecule has 0 aromatic heterocycles. The zero-order valence-electron chi connectivity index (χ0n) is 8.81. The van der Waals surface area contributed by atoms with Gasteiger partial charge in [0.15, 0.2) is 0 Å². The van der Waals surface area contributed by atoms with E-state index in [2.05, 4.69) is 9.47 Å². The normalized spacial score (nSPS) is 10.8. The Morgan fingerprint density at radius 1 is 1.27 bits per heavy atom. The van der Waals surface area contributed by atoms with Crippen molar-refractivity contribution in [3.63, 3.8) is 0 Å². The van der Waals surface area contributed by atoms with Crippen molar-refractivity contribution in [1.82, 2.24) is 0 Å². The SMILES string of the molecule is CCOC(=O)C(=C([O-])OCC)[N+](=O)[O-].[Na+]. The number of rotatable bonds is 5. The van der Waals surface area contributed by atoms with Crippen LogP contribution in [-0.2, 0) is 14.3 Å². The maximum absolute atomic E-state index is 10.9. The Hall–Kier alpha value is -0.790. The topological polar surface area (TPSA) is 102 Å². The van der Waals surface area contributed by atoms with E-state index in [1.54, 1.807) is 0 Å². The average Bonchev–Trinajstić information content (AvgIpc) is 2.04. The van der Waals surface area contributed by atoms with Gasteiger partial charge in [0, 0.05) is 0 Å². The molecule has 0 heterocycles. The van der Waals surface area contributed by atoms with Crippen LogP contribution in [0.25, 0.3) is 0 Å². The molecule has 0 unspecified atom stereocenters. The van der Waals surface area contributed by atoms with Crippen LogP contribution in [0.3, 0.4) is 0 Å². The Morgan fingerprint density at radius 3 is 2.07 bits per heavy atom. The number of hydrogen-bond acceptors (Lipinski definition) is 6. The predicted octanol–water partition coefficient (Wildman–Crippen LogP) is -3.60. The fraction of sp³-hybridized carbons (Fsp3) is 0.571. The van der Waals surface area contributed by atoms with Gasteiger partial charge in [-0.1, -0.05) is 6.92 Å². The summed E-state index contributed by atoms with van der Waals surface area (Å²) in [6.07, 6.45) is 0. The van der Waals surface area contributed by atoms with Crippen LogP contribution in [-0.4, -0.2) is 24.1 Å². The van der Waals surface area contributed by atoms with Crippen LogP contribution in [0, 0.1) is 10.1 Å². The van der Waals surface area contributed by atoms with Gasteiger partial charge >= 0.3 is 41.2 Å². The quantitative estimate of drug-likeness (QED) is 0.120. The average molecular weight is 227 g/mol. The molecule has 0 aliphatic rings. The Bertz CT molecular complexity index is 264. The van der Waals surface area contributed by atoms with E-state index in [1.807, 2.05) is 0 Å². The maximum Gasteiger partial charge on any atom is 1.00 e. The van der Waals surface area contributed by atoms with Crippen molar-refractivity contribution < 1.29 is 53.9 Å². The minimum Gasteiger partial charge on any atom is -0.609 e. The summed E-state index contributed by atoms with van der Waals surface area (Å²) in [7, 11) is 0. The molecule has 0 aromatic rings. The molecule has 8 heteroatoms. The third-order valence-electron chi connectivity index (χ3n) is 1.12. The monoisotopic (exact) mass is 227 g/mol. The van der Waals surface area contributed by atoms with Gasteiger partial charge in [-0.2, -0.15) is 0 Å². The zero-order chi connectivity index (χ0) is 11.1. The van der Waals surface area contributed by atoms with Crippen LogP contribution >= 0.6 is 0 Å². The summed E-state index contributed by atoms with van der Waals surface area (Å²) >= 11 is 0. The van der Waals surface area contributed by atoms with Crippen LogP contribution in [0.5, 0.6) is 0 Å². The fourth-order valence-corrected chi connectivity index (χ4v) is 0.631. The largest absolute Gasteiger partial charge is 1.00 e. The second kappa shape index (κ2) is 8.51. The number of carbonyl (C=O) groups excluding carboxylic acids is 1. The molecule has 0 amide bonds. The first-order chi connectivity index (χ1) is 6.54. The summed E-state index contributed by atoms with van der Waals surface area (Å²) in [6.45, 7) is 2.85. The second-order valence-corrected chi connectivity index (χ2v) is 2.05. The van der Waals surface area contributed by atoms with Crippen LogP contribution in [0.2, 0.25) is 0 Å². The van der Waals surface area contributed by atoms with Crippen LogP contribution in [0.1, 0.15) is 13.8 Å². The van der Waals surface area contributed by atoms with Crippen molar-refractivity contribution >= 4 is 5.97 Å². The fourth-order valence-electron chi connectivity index (χ4n) is 0.631. The molecule has 15 heavy (non-hydrogen) atoms. The number of carbonyl (C=O) groups is 1. The molecule has 0 aliphatic heterocycles. The van der Waals surface area contributed by atoms with Gasteiger partial charge < -0.3 is 14.6 Å². The Labute approximate surface area is 108 Å². The van der Waals surface area contributed by atoms with Gasteiger partial charge in [0.25, 0.3) is 0 Å². The van der Waals surface area contributed by atoms with Gasteiger partial charge in [0.2, 0.25) is 0 Å². The molecule has 80 valence electrons. The number of ether oxygens (including phenoxy) is 2. The molecule has 0 radical (unpaired) electrons. The van der Waals surface area contributed by atoms with Gasteiger partial charge in [-0.25, -0.2) is 4.79 Å². The van der Waals surface area contributed by atoms with Crippen molar-refractivity contribution in [2.24, 2.45) is 0 Å². The second-order valence-electron chi connectivity index (χ2n) is 2.05. The van der Waals surface area contributed by atoms with Crippen LogP contribution in [0.4, 0.5) is 0 Å². The van der Waals surface area contributed by atoms with Gasteiger partial charge in [-0.05, 0) is 13.5 Å². The first-order valence-electron chi connectivity index (χ1n) is 3.90. The van der Waals surface area contributed by atoms with Crippen molar-refractivity contribution in [2.45, 2.75) is 13.8 Å². The summed E-state index contributed by atoms with van der Waals surface area (Å²) in [6, 6.07) is 0. The van der Waals surface area contributed by atoms with Crippen molar-refractivity contribution in [2.75, 3.05) is 13.2 Å². The molecule has 0 aliphatic carbocycles.